The molecule has 104 valence electrons. The second-order valence-electron chi connectivity index (χ2n) is 4.69. The zero-order valence-electron chi connectivity index (χ0n) is 11.4. The lowest BCUT2D eigenvalue weighted by atomic mass is 10.1. The topological polar surface area (TPSA) is 58.0 Å². The van der Waals surface area contributed by atoms with Gasteiger partial charge in [0.25, 0.3) is 0 Å². The molecular formula is C17H15N3O. The highest BCUT2D eigenvalue weighted by Crippen LogP contribution is 2.17. The van der Waals surface area contributed by atoms with Crippen LogP contribution in [0.5, 0.6) is 5.88 Å². The Bertz CT molecular complexity index is 655. The van der Waals surface area contributed by atoms with Crippen LogP contribution in [0.3, 0.4) is 0 Å². The summed E-state index contributed by atoms with van der Waals surface area (Å²) < 4.78 is 0. The van der Waals surface area contributed by atoms with Gasteiger partial charge in [0, 0.05) is 18.2 Å². The van der Waals surface area contributed by atoms with E-state index in [-0.39, 0.29) is 5.88 Å². The number of aromatic hydroxyl groups is 1. The number of nitrogens with one attached hydrogen (secondary N) is 1. The fraction of sp³-hybridized carbons (Fsp3) is 0.0588. The first-order valence-electron chi connectivity index (χ1n) is 6.72. The minimum Gasteiger partial charge on any atom is -0.493 e. The lowest BCUT2D eigenvalue weighted by Crippen LogP contribution is -2.01. The first-order valence-corrected chi connectivity index (χ1v) is 6.72. The summed E-state index contributed by atoms with van der Waals surface area (Å²) in [7, 11) is 0. The van der Waals surface area contributed by atoms with Gasteiger partial charge in [-0.25, -0.2) is 4.98 Å². The molecule has 4 heteroatoms. The van der Waals surface area contributed by atoms with Crippen LogP contribution in [0.1, 0.15) is 11.3 Å². The smallest absolute Gasteiger partial charge is 0.230 e. The number of nitrogens with zero attached hydrogens (tertiary/aromatic N) is 2. The van der Waals surface area contributed by atoms with E-state index in [4.69, 9.17) is 0 Å². The first kappa shape index (κ1) is 13.1. The van der Waals surface area contributed by atoms with Crippen molar-refractivity contribution in [3.8, 4) is 5.88 Å². The average molecular weight is 277 g/mol. The molecule has 0 fully saturated rings. The van der Waals surface area contributed by atoms with Crippen LogP contribution in [0.4, 0.5) is 11.6 Å². The lowest BCUT2D eigenvalue weighted by molar-refractivity contribution is 0.452. The Balaban J connectivity index is 1.83. The summed E-state index contributed by atoms with van der Waals surface area (Å²) in [5.41, 5.74) is 2.79. The van der Waals surface area contributed by atoms with Gasteiger partial charge in [0.05, 0.1) is 5.69 Å². The number of para-hydroxylation sites is 1. The Morgan fingerprint density at radius 2 is 1.52 bits per heavy atom. The van der Waals surface area contributed by atoms with Crippen molar-refractivity contribution in [2.24, 2.45) is 0 Å². The third kappa shape index (κ3) is 3.57. The Morgan fingerprint density at radius 3 is 2.24 bits per heavy atom. The molecule has 4 nitrogen and oxygen atoms in total. The van der Waals surface area contributed by atoms with Crippen molar-refractivity contribution in [2.45, 2.75) is 6.42 Å². The third-order valence-electron chi connectivity index (χ3n) is 3.02. The van der Waals surface area contributed by atoms with Crippen LogP contribution in [0, 0.1) is 0 Å². The molecule has 0 amide bonds. The van der Waals surface area contributed by atoms with Crippen LogP contribution < -0.4 is 5.32 Å². The SMILES string of the molecule is Oc1cc(Cc2ccccc2)nc(Nc2ccccc2)n1. The van der Waals surface area contributed by atoms with Crippen molar-refractivity contribution in [1.29, 1.82) is 0 Å². The number of anilines is 2. The van der Waals surface area contributed by atoms with Gasteiger partial charge in [0.2, 0.25) is 11.8 Å². The van der Waals surface area contributed by atoms with Crippen molar-refractivity contribution >= 4 is 11.6 Å². The van der Waals surface area contributed by atoms with Crippen molar-refractivity contribution in [2.75, 3.05) is 5.32 Å². The summed E-state index contributed by atoms with van der Waals surface area (Å²) in [6, 6.07) is 21.2. The van der Waals surface area contributed by atoms with E-state index in [2.05, 4.69) is 15.3 Å². The largest absolute Gasteiger partial charge is 0.493 e. The Morgan fingerprint density at radius 1 is 0.857 bits per heavy atom. The second-order valence-corrected chi connectivity index (χ2v) is 4.69. The van der Waals surface area contributed by atoms with E-state index in [1.54, 1.807) is 6.07 Å². The van der Waals surface area contributed by atoms with Crippen LogP contribution in [-0.4, -0.2) is 15.1 Å². The van der Waals surface area contributed by atoms with Gasteiger partial charge in [-0.3, -0.25) is 0 Å². The highest BCUT2D eigenvalue weighted by atomic mass is 16.3. The average Bonchev–Trinajstić information content (AvgIpc) is 2.48. The van der Waals surface area contributed by atoms with E-state index < -0.39 is 0 Å². The van der Waals surface area contributed by atoms with Crippen LogP contribution in [0.25, 0.3) is 0 Å². The van der Waals surface area contributed by atoms with Crippen LogP contribution in [-0.2, 0) is 6.42 Å². The van der Waals surface area contributed by atoms with Crippen LogP contribution >= 0.6 is 0 Å². The Kier molecular flexibility index (Phi) is 3.78. The van der Waals surface area contributed by atoms with Gasteiger partial charge >= 0.3 is 0 Å². The highest BCUT2D eigenvalue weighted by Gasteiger charge is 2.05. The van der Waals surface area contributed by atoms with E-state index >= 15 is 0 Å². The van der Waals surface area contributed by atoms with Crippen molar-refractivity contribution in [3.63, 3.8) is 0 Å². The van der Waals surface area contributed by atoms with E-state index in [9.17, 15) is 5.11 Å². The van der Waals surface area contributed by atoms with Gasteiger partial charge in [-0.2, -0.15) is 4.98 Å². The molecule has 0 unspecified atom stereocenters. The van der Waals surface area contributed by atoms with E-state index in [0.29, 0.717) is 12.4 Å². The Labute approximate surface area is 123 Å². The normalized spacial score (nSPS) is 10.3. The number of benzene rings is 2. The van der Waals surface area contributed by atoms with Crippen LogP contribution in [0.15, 0.2) is 66.7 Å². The fourth-order valence-electron chi connectivity index (χ4n) is 2.09. The molecule has 1 aromatic heterocycles. The Hall–Kier alpha value is -2.88. The summed E-state index contributed by atoms with van der Waals surface area (Å²) in [6.07, 6.45) is 0.653. The predicted octanol–water partition coefficient (Wildman–Crippen LogP) is 3.52. The maximum absolute atomic E-state index is 9.76. The molecule has 2 N–H and O–H groups in total. The molecule has 1 heterocycles. The minimum absolute atomic E-state index is 0.0330. The van der Waals surface area contributed by atoms with Crippen molar-refractivity contribution in [3.05, 3.63) is 78.0 Å². The maximum atomic E-state index is 9.76. The molecule has 2 aromatic carbocycles. The first-order chi connectivity index (χ1) is 10.3. The molecule has 0 spiro atoms. The van der Waals surface area contributed by atoms with Crippen molar-refractivity contribution in [1.82, 2.24) is 9.97 Å². The molecule has 0 saturated heterocycles. The molecule has 3 rings (SSSR count). The highest BCUT2D eigenvalue weighted by molar-refractivity contribution is 5.53. The lowest BCUT2D eigenvalue weighted by Gasteiger charge is -2.07. The summed E-state index contributed by atoms with van der Waals surface area (Å²) in [5.74, 6) is 0.362. The predicted molar refractivity (Wildman–Crippen MR) is 82.7 cm³/mol. The zero-order chi connectivity index (χ0) is 14.5. The molecule has 21 heavy (non-hydrogen) atoms. The van der Waals surface area contributed by atoms with Crippen molar-refractivity contribution < 1.29 is 5.11 Å². The molecule has 0 bridgehead atoms. The summed E-state index contributed by atoms with van der Waals surface area (Å²) in [5, 5.41) is 12.8. The number of hydrogen-bond donors (Lipinski definition) is 2. The minimum atomic E-state index is -0.0330. The van der Waals surface area contributed by atoms with Gasteiger partial charge in [-0.15, -0.1) is 0 Å². The monoisotopic (exact) mass is 277 g/mol. The third-order valence-corrected chi connectivity index (χ3v) is 3.02. The zero-order valence-corrected chi connectivity index (χ0v) is 11.4. The summed E-state index contributed by atoms with van der Waals surface area (Å²) >= 11 is 0. The van der Waals surface area contributed by atoms with Gasteiger partial charge in [0.15, 0.2) is 0 Å². The molecule has 0 aliphatic heterocycles. The quantitative estimate of drug-likeness (QED) is 0.766. The van der Waals surface area contributed by atoms with E-state index in [0.717, 1.165) is 16.9 Å². The van der Waals surface area contributed by atoms with Gasteiger partial charge in [-0.1, -0.05) is 48.5 Å². The molecule has 0 radical (unpaired) electrons. The fourth-order valence-corrected chi connectivity index (χ4v) is 2.09. The summed E-state index contributed by atoms with van der Waals surface area (Å²) in [4.78, 5) is 8.45. The van der Waals surface area contributed by atoms with Gasteiger partial charge in [0.1, 0.15) is 0 Å². The molecule has 3 aromatic rings. The van der Waals surface area contributed by atoms with E-state index in [1.807, 2.05) is 60.7 Å². The number of rotatable bonds is 4. The van der Waals surface area contributed by atoms with E-state index in [1.165, 1.54) is 0 Å². The number of hydrogen-bond acceptors (Lipinski definition) is 4. The molecule has 0 aliphatic rings. The molecule has 0 aliphatic carbocycles. The molecule has 0 saturated carbocycles. The second kappa shape index (κ2) is 6.05. The molecule has 0 atom stereocenters. The van der Waals surface area contributed by atoms with Gasteiger partial charge in [-0.05, 0) is 17.7 Å². The van der Waals surface area contributed by atoms with Crippen LogP contribution in [0.2, 0.25) is 0 Å². The standard InChI is InChI=1S/C17H15N3O/c21-16-12-15(11-13-7-3-1-4-8-13)19-17(20-16)18-14-9-5-2-6-10-14/h1-10,12H,11H2,(H2,18,19,20,21). The van der Waals surface area contributed by atoms with Gasteiger partial charge < -0.3 is 10.4 Å². The summed E-state index contributed by atoms with van der Waals surface area (Å²) in [6.45, 7) is 0. The maximum Gasteiger partial charge on any atom is 0.230 e. The number of aromatic nitrogens is 2. The molecular weight excluding hydrogens is 262 g/mol.